The van der Waals surface area contributed by atoms with Crippen molar-refractivity contribution in [3.63, 3.8) is 0 Å². The van der Waals surface area contributed by atoms with Gasteiger partial charge in [0.1, 0.15) is 23.0 Å². The maximum absolute atomic E-state index is 14.1. The lowest BCUT2D eigenvalue weighted by Crippen LogP contribution is -2.40. The van der Waals surface area contributed by atoms with Gasteiger partial charge in [-0.3, -0.25) is 4.79 Å². The fourth-order valence-corrected chi connectivity index (χ4v) is 2.82. The number of H-pyrrole nitrogens is 1. The first kappa shape index (κ1) is 15.9. The number of nitrogens with zero attached hydrogens (tertiary/aromatic N) is 6. The van der Waals surface area contributed by atoms with Gasteiger partial charge in [0.2, 0.25) is 0 Å². The van der Waals surface area contributed by atoms with Crippen molar-refractivity contribution in [2.45, 2.75) is 6.54 Å². The molecule has 4 rings (SSSR count). The second kappa shape index (κ2) is 6.06. The molecule has 0 spiro atoms. The van der Waals surface area contributed by atoms with Crippen LogP contribution in [0.5, 0.6) is 0 Å². The Labute approximate surface area is 146 Å². The van der Waals surface area contributed by atoms with Crippen molar-refractivity contribution in [1.29, 1.82) is 0 Å². The molecule has 0 saturated heterocycles. The standard InChI is InChI=1S/C16H15FN8O/c1-24(2)25-11(23-10-5-3-4-9(17)12(10)16(25)26)6-18-14-13-15(20-7-19-13)22-8-21-14/h3-5,7-8H,6H2,1-2H3,(H2,18,19,20,21,22). The fraction of sp³-hybridized carbons (Fsp3) is 0.188. The van der Waals surface area contributed by atoms with E-state index >= 15 is 0 Å². The van der Waals surface area contributed by atoms with Crippen molar-refractivity contribution < 1.29 is 4.39 Å². The Morgan fingerprint density at radius 1 is 1.27 bits per heavy atom. The molecule has 4 aromatic rings. The number of nitrogens with one attached hydrogen (secondary N) is 2. The van der Waals surface area contributed by atoms with Crippen molar-refractivity contribution in [3.05, 3.63) is 52.8 Å². The van der Waals surface area contributed by atoms with Crippen molar-refractivity contribution >= 4 is 27.9 Å². The first-order chi connectivity index (χ1) is 12.6. The molecular formula is C16H15FN8O. The average Bonchev–Trinajstić information content (AvgIpc) is 3.08. The lowest BCUT2D eigenvalue weighted by atomic mass is 10.2. The number of hydrogen-bond donors (Lipinski definition) is 2. The van der Waals surface area contributed by atoms with Crippen LogP contribution in [-0.2, 0) is 6.54 Å². The zero-order valence-electron chi connectivity index (χ0n) is 14.1. The van der Waals surface area contributed by atoms with Crippen LogP contribution >= 0.6 is 0 Å². The minimum absolute atomic E-state index is 0.0389. The van der Waals surface area contributed by atoms with Gasteiger partial charge in [0.15, 0.2) is 17.3 Å². The molecule has 10 heteroatoms. The molecule has 3 aromatic heterocycles. The highest BCUT2D eigenvalue weighted by atomic mass is 19.1. The quantitative estimate of drug-likeness (QED) is 0.563. The molecule has 0 aliphatic heterocycles. The Morgan fingerprint density at radius 3 is 2.92 bits per heavy atom. The van der Waals surface area contributed by atoms with E-state index in [4.69, 9.17) is 0 Å². The summed E-state index contributed by atoms with van der Waals surface area (Å²) in [5.41, 5.74) is 1.02. The van der Waals surface area contributed by atoms with E-state index in [0.717, 1.165) is 0 Å². The summed E-state index contributed by atoms with van der Waals surface area (Å²) in [5, 5.41) is 4.65. The van der Waals surface area contributed by atoms with Gasteiger partial charge >= 0.3 is 0 Å². The Hall–Kier alpha value is -3.56. The van der Waals surface area contributed by atoms with E-state index in [9.17, 15) is 9.18 Å². The largest absolute Gasteiger partial charge is 0.361 e. The van der Waals surface area contributed by atoms with E-state index in [2.05, 4.69) is 30.2 Å². The van der Waals surface area contributed by atoms with Gasteiger partial charge in [-0.25, -0.2) is 29.0 Å². The minimum atomic E-state index is -0.593. The third-order valence-electron chi connectivity index (χ3n) is 3.93. The molecule has 0 amide bonds. The van der Waals surface area contributed by atoms with E-state index < -0.39 is 11.4 Å². The molecule has 9 nitrogen and oxygen atoms in total. The van der Waals surface area contributed by atoms with Gasteiger partial charge in [-0.15, -0.1) is 0 Å². The van der Waals surface area contributed by atoms with Crippen LogP contribution in [0.4, 0.5) is 10.2 Å². The lowest BCUT2D eigenvalue weighted by molar-refractivity contribution is 0.620. The molecule has 0 atom stereocenters. The summed E-state index contributed by atoms with van der Waals surface area (Å²) in [6, 6.07) is 4.39. The van der Waals surface area contributed by atoms with Crippen LogP contribution in [0.3, 0.4) is 0 Å². The number of benzene rings is 1. The molecule has 0 fully saturated rings. The van der Waals surface area contributed by atoms with Gasteiger partial charge in [0.25, 0.3) is 5.56 Å². The smallest absolute Gasteiger partial charge is 0.283 e. The summed E-state index contributed by atoms with van der Waals surface area (Å²) in [6.45, 7) is 0.199. The molecule has 1 aromatic carbocycles. The molecule has 0 unspecified atom stereocenters. The van der Waals surface area contributed by atoms with Crippen molar-refractivity contribution in [1.82, 2.24) is 29.6 Å². The maximum atomic E-state index is 14.1. The van der Waals surface area contributed by atoms with Gasteiger partial charge < -0.3 is 15.3 Å². The molecule has 2 N–H and O–H groups in total. The van der Waals surface area contributed by atoms with Crippen LogP contribution in [0.25, 0.3) is 22.1 Å². The highest BCUT2D eigenvalue weighted by Crippen LogP contribution is 2.16. The van der Waals surface area contributed by atoms with Crippen LogP contribution < -0.4 is 15.9 Å². The molecular weight excluding hydrogens is 339 g/mol. The number of hydrogen-bond acceptors (Lipinski definition) is 7. The Morgan fingerprint density at radius 2 is 2.12 bits per heavy atom. The zero-order chi connectivity index (χ0) is 18.3. The number of aromatic nitrogens is 6. The minimum Gasteiger partial charge on any atom is -0.361 e. The van der Waals surface area contributed by atoms with Crippen LogP contribution in [0, 0.1) is 5.82 Å². The molecule has 0 radical (unpaired) electrons. The van der Waals surface area contributed by atoms with Crippen LogP contribution in [0.2, 0.25) is 0 Å². The number of anilines is 1. The Kier molecular flexibility index (Phi) is 3.72. The average molecular weight is 354 g/mol. The summed E-state index contributed by atoms with van der Waals surface area (Å²) in [6.07, 6.45) is 2.92. The molecule has 0 aliphatic rings. The summed E-state index contributed by atoms with van der Waals surface area (Å²) < 4.78 is 15.4. The first-order valence-corrected chi connectivity index (χ1v) is 7.82. The predicted octanol–water partition coefficient (Wildman–Crippen LogP) is 1.01. The number of halogens is 1. The first-order valence-electron chi connectivity index (χ1n) is 7.82. The van der Waals surface area contributed by atoms with Crippen LogP contribution in [-0.4, -0.2) is 43.7 Å². The lowest BCUT2D eigenvalue weighted by Gasteiger charge is -2.20. The van der Waals surface area contributed by atoms with Crippen LogP contribution in [0.15, 0.2) is 35.6 Å². The molecule has 26 heavy (non-hydrogen) atoms. The third-order valence-corrected chi connectivity index (χ3v) is 3.93. The second-order valence-corrected chi connectivity index (χ2v) is 5.80. The van der Waals surface area contributed by atoms with E-state index in [-0.39, 0.29) is 11.9 Å². The number of fused-ring (bicyclic) bond motifs is 2. The fourth-order valence-electron chi connectivity index (χ4n) is 2.82. The van der Waals surface area contributed by atoms with Crippen molar-refractivity contribution in [3.8, 4) is 0 Å². The van der Waals surface area contributed by atoms with Gasteiger partial charge in [0, 0.05) is 14.1 Å². The highest BCUT2D eigenvalue weighted by molar-refractivity contribution is 5.82. The highest BCUT2D eigenvalue weighted by Gasteiger charge is 2.16. The number of imidazole rings is 1. The van der Waals surface area contributed by atoms with Gasteiger partial charge in [0.05, 0.1) is 18.4 Å². The normalized spacial score (nSPS) is 11.2. The topological polar surface area (TPSA) is 105 Å². The van der Waals surface area contributed by atoms with E-state index in [1.807, 2.05) is 0 Å². The Bertz CT molecular complexity index is 1170. The maximum Gasteiger partial charge on any atom is 0.283 e. The van der Waals surface area contributed by atoms with Crippen LogP contribution in [0.1, 0.15) is 5.82 Å². The number of aromatic amines is 1. The van der Waals surface area contributed by atoms with E-state index in [1.54, 1.807) is 25.2 Å². The predicted molar refractivity (Wildman–Crippen MR) is 95.0 cm³/mol. The number of rotatable bonds is 4. The summed E-state index contributed by atoms with van der Waals surface area (Å²) >= 11 is 0. The van der Waals surface area contributed by atoms with Gasteiger partial charge in [-0.1, -0.05) is 6.07 Å². The summed E-state index contributed by atoms with van der Waals surface area (Å²) in [4.78, 5) is 32.5. The summed E-state index contributed by atoms with van der Waals surface area (Å²) in [5.74, 6) is 0.362. The molecule has 132 valence electrons. The third kappa shape index (κ3) is 2.51. The van der Waals surface area contributed by atoms with Gasteiger partial charge in [-0.2, -0.15) is 0 Å². The van der Waals surface area contributed by atoms with E-state index in [1.165, 1.54) is 29.5 Å². The monoisotopic (exact) mass is 354 g/mol. The molecule has 0 saturated carbocycles. The molecule has 0 aliphatic carbocycles. The second-order valence-electron chi connectivity index (χ2n) is 5.80. The summed E-state index contributed by atoms with van der Waals surface area (Å²) in [7, 11) is 3.38. The van der Waals surface area contributed by atoms with Gasteiger partial charge in [-0.05, 0) is 12.1 Å². The van der Waals surface area contributed by atoms with Crippen molar-refractivity contribution in [2.24, 2.45) is 0 Å². The Balaban J connectivity index is 1.80. The molecule has 3 heterocycles. The SMILES string of the molecule is CN(C)n1c(CNc2ncnc3nc[nH]c23)nc2cccc(F)c2c1=O. The molecule has 0 bridgehead atoms. The zero-order valence-corrected chi connectivity index (χ0v) is 14.1. The van der Waals surface area contributed by atoms with Crippen molar-refractivity contribution in [2.75, 3.05) is 24.4 Å². The van der Waals surface area contributed by atoms with E-state index in [0.29, 0.717) is 28.3 Å².